The maximum absolute atomic E-state index is 10.7. The highest BCUT2D eigenvalue weighted by Gasteiger charge is 2.13. The number of halogens is 2. The van der Waals surface area contributed by atoms with Gasteiger partial charge in [-0.1, -0.05) is 23.7 Å². The number of non-ortho nitro benzene ring substituents is 1. The van der Waals surface area contributed by atoms with Crippen LogP contribution in [-0.2, 0) is 0 Å². The molecule has 5 nitrogen and oxygen atoms in total. The molecule has 18 heavy (non-hydrogen) atoms. The van der Waals surface area contributed by atoms with Crippen LogP contribution < -0.4 is 0 Å². The summed E-state index contributed by atoms with van der Waals surface area (Å²) in [4.78, 5) is 18.1. The Balaban J connectivity index is 2.62. The molecule has 1 aromatic heterocycles. The molecule has 1 heterocycles. The maximum atomic E-state index is 10.7. The number of nitro benzene ring substituents is 1. The molecule has 0 aliphatic rings. The van der Waals surface area contributed by atoms with Gasteiger partial charge in [0.25, 0.3) is 5.69 Å². The molecular formula is C11H7Cl2N3O2. The number of aromatic nitrogens is 2. The molecule has 2 aromatic rings. The van der Waals surface area contributed by atoms with Crippen LogP contribution in [0.25, 0.3) is 11.3 Å². The van der Waals surface area contributed by atoms with Gasteiger partial charge in [0.15, 0.2) is 0 Å². The van der Waals surface area contributed by atoms with Gasteiger partial charge in [-0.15, -0.1) is 0 Å². The van der Waals surface area contributed by atoms with Gasteiger partial charge < -0.3 is 0 Å². The zero-order chi connectivity index (χ0) is 13.3. The van der Waals surface area contributed by atoms with Crippen molar-refractivity contribution in [3.8, 4) is 11.3 Å². The van der Waals surface area contributed by atoms with Crippen LogP contribution in [0.2, 0.25) is 10.4 Å². The van der Waals surface area contributed by atoms with Gasteiger partial charge in [0.2, 0.25) is 5.28 Å². The van der Waals surface area contributed by atoms with Crippen molar-refractivity contribution in [1.82, 2.24) is 9.97 Å². The van der Waals surface area contributed by atoms with E-state index >= 15 is 0 Å². The molecule has 0 atom stereocenters. The third kappa shape index (κ3) is 2.42. The largest absolute Gasteiger partial charge is 0.270 e. The van der Waals surface area contributed by atoms with Gasteiger partial charge in [0.1, 0.15) is 5.15 Å². The number of rotatable bonds is 2. The SMILES string of the molecule is Cc1c(Cl)nc(Cl)nc1-c1cccc([N+](=O)[O-])c1. The second-order valence-electron chi connectivity index (χ2n) is 3.56. The molecule has 0 fully saturated rings. The highest BCUT2D eigenvalue weighted by molar-refractivity contribution is 6.32. The van der Waals surface area contributed by atoms with E-state index in [-0.39, 0.29) is 16.1 Å². The first-order chi connectivity index (χ1) is 8.49. The lowest BCUT2D eigenvalue weighted by Gasteiger charge is -2.06. The van der Waals surface area contributed by atoms with Gasteiger partial charge >= 0.3 is 0 Å². The van der Waals surface area contributed by atoms with Crippen LogP contribution in [0.3, 0.4) is 0 Å². The molecule has 7 heteroatoms. The van der Waals surface area contributed by atoms with Gasteiger partial charge in [0, 0.05) is 23.3 Å². The van der Waals surface area contributed by atoms with E-state index in [1.54, 1.807) is 19.1 Å². The molecule has 0 unspecified atom stereocenters. The Kier molecular flexibility index (Phi) is 3.45. The zero-order valence-corrected chi connectivity index (χ0v) is 10.7. The van der Waals surface area contributed by atoms with Gasteiger partial charge in [-0.3, -0.25) is 10.1 Å². The first-order valence-corrected chi connectivity index (χ1v) is 5.69. The Morgan fingerprint density at radius 3 is 2.67 bits per heavy atom. The third-order valence-corrected chi connectivity index (χ3v) is 2.93. The fourth-order valence-corrected chi connectivity index (χ4v) is 1.89. The zero-order valence-electron chi connectivity index (χ0n) is 9.22. The van der Waals surface area contributed by atoms with Crippen LogP contribution >= 0.6 is 23.2 Å². The van der Waals surface area contributed by atoms with Crippen LogP contribution in [0.4, 0.5) is 5.69 Å². The smallest absolute Gasteiger partial charge is 0.258 e. The molecule has 0 saturated carbocycles. The molecule has 2 rings (SSSR count). The summed E-state index contributed by atoms with van der Waals surface area (Å²) in [5.74, 6) is 0. The van der Waals surface area contributed by atoms with Crippen molar-refractivity contribution in [3.05, 3.63) is 50.4 Å². The van der Waals surface area contributed by atoms with Crippen LogP contribution in [0.1, 0.15) is 5.56 Å². The predicted molar refractivity (Wildman–Crippen MR) is 68.9 cm³/mol. The number of nitrogens with zero attached hydrogens (tertiary/aromatic N) is 3. The Hall–Kier alpha value is -1.72. The lowest BCUT2D eigenvalue weighted by Crippen LogP contribution is -1.95. The minimum Gasteiger partial charge on any atom is -0.258 e. The topological polar surface area (TPSA) is 68.9 Å². The van der Waals surface area contributed by atoms with Gasteiger partial charge in [-0.2, -0.15) is 0 Å². The number of nitro groups is 1. The van der Waals surface area contributed by atoms with Crippen LogP contribution in [0.15, 0.2) is 24.3 Å². The van der Waals surface area contributed by atoms with E-state index in [1.807, 2.05) is 0 Å². The number of benzene rings is 1. The molecule has 1 aromatic carbocycles. The molecule has 0 N–H and O–H groups in total. The van der Waals surface area contributed by atoms with Crippen molar-refractivity contribution in [2.45, 2.75) is 6.92 Å². The van der Waals surface area contributed by atoms with Crippen LogP contribution in [0.5, 0.6) is 0 Å². The van der Waals surface area contributed by atoms with Gasteiger partial charge in [-0.25, -0.2) is 9.97 Å². The predicted octanol–water partition coefficient (Wildman–Crippen LogP) is 3.67. The minimum absolute atomic E-state index is 0.00658. The van der Waals surface area contributed by atoms with Crippen molar-refractivity contribution in [2.24, 2.45) is 0 Å². The summed E-state index contributed by atoms with van der Waals surface area (Å²) in [5, 5.41) is 11.0. The molecular weight excluding hydrogens is 277 g/mol. The first kappa shape index (κ1) is 12.7. The average molecular weight is 284 g/mol. The third-order valence-electron chi connectivity index (χ3n) is 2.39. The molecule has 0 aliphatic carbocycles. The Morgan fingerprint density at radius 1 is 1.28 bits per heavy atom. The normalized spacial score (nSPS) is 10.4. The van der Waals surface area contributed by atoms with E-state index < -0.39 is 4.92 Å². The minimum atomic E-state index is -0.469. The standard InChI is InChI=1S/C11H7Cl2N3O2/c1-6-9(14-11(13)15-10(6)12)7-3-2-4-8(5-7)16(17)18/h2-5H,1H3. The second-order valence-corrected chi connectivity index (χ2v) is 4.26. The van der Waals surface area contributed by atoms with Crippen molar-refractivity contribution in [3.63, 3.8) is 0 Å². The molecule has 0 bridgehead atoms. The quantitative estimate of drug-likeness (QED) is 0.365. The summed E-state index contributed by atoms with van der Waals surface area (Å²) in [6.07, 6.45) is 0. The molecule has 0 spiro atoms. The lowest BCUT2D eigenvalue weighted by molar-refractivity contribution is -0.384. The summed E-state index contributed by atoms with van der Waals surface area (Å²) in [7, 11) is 0. The summed E-state index contributed by atoms with van der Waals surface area (Å²) >= 11 is 11.6. The maximum Gasteiger partial charge on any atom is 0.270 e. The summed E-state index contributed by atoms with van der Waals surface area (Å²) in [6, 6.07) is 6.11. The van der Waals surface area contributed by atoms with E-state index in [9.17, 15) is 10.1 Å². The molecule has 92 valence electrons. The van der Waals surface area contributed by atoms with E-state index in [2.05, 4.69) is 9.97 Å². The van der Waals surface area contributed by atoms with Crippen molar-refractivity contribution in [1.29, 1.82) is 0 Å². The number of hydrogen-bond acceptors (Lipinski definition) is 4. The second kappa shape index (κ2) is 4.88. The monoisotopic (exact) mass is 283 g/mol. The van der Waals surface area contributed by atoms with E-state index in [0.717, 1.165) is 0 Å². The van der Waals surface area contributed by atoms with Gasteiger partial charge in [-0.05, 0) is 18.5 Å². The Bertz CT molecular complexity index is 632. The van der Waals surface area contributed by atoms with Crippen LogP contribution in [0, 0.1) is 17.0 Å². The van der Waals surface area contributed by atoms with Crippen LogP contribution in [-0.4, -0.2) is 14.9 Å². The molecule has 0 saturated heterocycles. The highest BCUT2D eigenvalue weighted by Crippen LogP contribution is 2.28. The molecule has 0 aliphatic heterocycles. The van der Waals surface area contributed by atoms with Gasteiger partial charge in [0.05, 0.1) is 10.6 Å². The van der Waals surface area contributed by atoms with E-state index in [0.29, 0.717) is 16.8 Å². The Labute approximate surface area is 113 Å². The fourth-order valence-electron chi connectivity index (χ4n) is 1.51. The van der Waals surface area contributed by atoms with E-state index in [1.165, 1.54) is 12.1 Å². The van der Waals surface area contributed by atoms with E-state index in [4.69, 9.17) is 23.2 Å². The first-order valence-electron chi connectivity index (χ1n) is 4.93. The Morgan fingerprint density at radius 2 is 2.00 bits per heavy atom. The highest BCUT2D eigenvalue weighted by atomic mass is 35.5. The summed E-state index contributed by atoms with van der Waals surface area (Å²) in [6.45, 7) is 1.73. The average Bonchev–Trinajstić information content (AvgIpc) is 2.34. The number of hydrogen-bond donors (Lipinski definition) is 0. The molecule has 0 amide bonds. The van der Waals surface area contributed by atoms with Crippen molar-refractivity contribution < 1.29 is 4.92 Å². The van der Waals surface area contributed by atoms with Crippen molar-refractivity contribution in [2.75, 3.05) is 0 Å². The summed E-state index contributed by atoms with van der Waals surface area (Å²) in [5.41, 5.74) is 1.68. The lowest BCUT2D eigenvalue weighted by atomic mass is 10.1. The fraction of sp³-hybridized carbons (Fsp3) is 0.0909. The summed E-state index contributed by atoms with van der Waals surface area (Å²) < 4.78 is 0. The molecule has 0 radical (unpaired) electrons. The van der Waals surface area contributed by atoms with Crippen molar-refractivity contribution >= 4 is 28.9 Å².